The number of nitrogens with one attached hydrogen (secondary N) is 1. The molecule has 0 bridgehead atoms. The number of H-pyrrole nitrogens is 1. The molecule has 0 spiro atoms. The molecule has 0 amide bonds. The molecule has 1 N–H and O–H groups in total. The van der Waals surface area contributed by atoms with Crippen molar-refractivity contribution in [3.05, 3.63) is 52.8 Å². The van der Waals surface area contributed by atoms with Crippen molar-refractivity contribution in [3.8, 4) is 0 Å². The van der Waals surface area contributed by atoms with Gasteiger partial charge in [-0.25, -0.2) is 4.39 Å². The second-order valence-corrected chi connectivity index (χ2v) is 5.93. The number of aromatic amines is 1. The van der Waals surface area contributed by atoms with Crippen molar-refractivity contribution in [1.29, 1.82) is 0 Å². The van der Waals surface area contributed by atoms with Crippen molar-refractivity contribution in [1.82, 2.24) is 10.2 Å². The van der Waals surface area contributed by atoms with Gasteiger partial charge in [0.1, 0.15) is 5.69 Å². The minimum Gasteiger partial charge on any atom is -0.282 e. The van der Waals surface area contributed by atoms with Crippen LogP contribution in [-0.4, -0.2) is 10.2 Å². The van der Waals surface area contributed by atoms with Gasteiger partial charge < -0.3 is 0 Å². The van der Waals surface area contributed by atoms with E-state index in [0.717, 1.165) is 11.3 Å². The zero-order valence-electron chi connectivity index (χ0n) is 12.4. The van der Waals surface area contributed by atoms with Crippen LogP contribution in [0.25, 0.3) is 11.9 Å². The monoisotopic (exact) mass is 284 g/mol. The number of rotatable bonds is 3. The van der Waals surface area contributed by atoms with Crippen molar-refractivity contribution in [2.24, 2.45) is 0 Å². The highest BCUT2D eigenvalue weighted by molar-refractivity contribution is 5.75. The van der Waals surface area contributed by atoms with Crippen molar-refractivity contribution >= 4 is 11.9 Å². The van der Waals surface area contributed by atoms with E-state index >= 15 is 0 Å². The maximum atomic E-state index is 14.1. The van der Waals surface area contributed by atoms with Crippen molar-refractivity contribution in [2.75, 3.05) is 0 Å². The van der Waals surface area contributed by atoms with E-state index < -0.39 is 0 Å². The summed E-state index contributed by atoms with van der Waals surface area (Å²) in [6, 6.07) is 10.0. The molecule has 0 atom stereocenters. The number of hydrogen-bond donors (Lipinski definition) is 1. The summed E-state index contributed by atoms with van der Waals surface area (Å²) in [4.78, 5) is 0. The molecule has 3 heteroatoms. The summed E-state index contributed by atoms with van der Waals surface area (Å²) in [6.07, 6.45) is 8.15. The van der Waals surface area contributed by atoms with E-state index in [4.69, 9.17) is 0 Å². The SMILES string of the molecule is Cc1cc(C(F)=Cc2ccc(C3CCCCC3)cc2)n[nH]1. The molecule has 1 heterocycles. The smallest absolute Gasteiger partial charge is 0.151 e. The van der Waals surface area contributed by atoms with Crippen LogP contribution in [0.5, 0.6) is 0 Å². The Morgan fingerprint density at radius 2 is 1.90 bits per heavy atom. The third-order valence-electron chi connectivity index (χ3n) is 4.26. The predicted octanol–water partition coefficient (Wildman–Crippen LogP) is 5.23. The Labute approximate surface area is 125 Å². The Hall–Kier alpha value is -1.90. The summed E-state index contributed by atoms with van der Waals surface area (Å²) in [5.41, 5.74) is 3.50. The highest BCUT2D eigenvalue weighted by Crippen LogP contribution is 2.32. The second kappa shape index (κ2) is 6.25. The van der Waals surface area contributed by atoms with Crippen molar-refractivity contribution < 1.29 is 4.39 Å². The van der Waals surface area contributed by atoms with E-state index in [-0.39, 0.29) is 5.83 Å². The largest absolute Gasteiger partial charge is 0.282 e. The lowest BCUT2D eigenvalue weighted by Crippen LogP contribution is -2.04. The van der Waals surface area contributed by atoms with Gasteiger partial charge in [-0.2, -0.15) is 5.10 Å². The lowest BCUT2D eigenvalue weighted by molar-refractivity contribution is 0.443. The minimum absolute atomic E-state index is 0.301. The summed E-state index contributed by atoms with van der Waals surface area (Å²) in [6.45, 7) is 1.86. The molecule has 1 aliphatic rings. The summed E-state index contributed by atoms with van der Waals surface area (Å²) in [5, 5.41) is 6.69. The van der Waals surface area contributed by atoms with Crippen LogP contribution in [0.4, 0.5) is 4.39 Å². The van der Waals surface area contributed by atoms with Crippen LogP contribution in [0.3, 0.4) is 0 Å². The fraction of sp³-hybridized carbons (Fsp3) is 0.389. The zero-order valence-corrected chi connectivity index (χ0v) is 12.4. The highest BCUT2D eigenvalue weighted by atomic mass is 19.1. The first-order valence-corrected chi connectivity index (χ1v) is 7.72. The number of aryl methyl sites for hydroxylation is 1. The molecule has 0 unspecified atom stereocenters. The lowest BCUT2D eigenvalue weighted by Gasteiger charge is -2.21. The standard InChI is InChI=1S/C18H21FN2/c1-13-11-18(21-20-13)17(19)12-14-7-9-16(10-8-14)15-5-3-2-4-6-15/h7-12,15H,2-6H2,1H3,(H,20,21). The van der Waals surface area contributed by atoms with E-state index in [0.29, 0.717) is 11.6 Å². The van der Waals surface area contributed by atoms with Crippen LogP contribution in [-0.2, 0) is 0 Å². The molecular formula is C18H21FN2. The number of benzene rings is 1. The van der Waals surface area contributed by atoms with E-state index in [1.54, 1.807) is 12.1 Å². The van der Waals surface area contributed by atoms with Crippen LogP contribution in [0.2, 0.25) is 0 Å². The Morgan fingerprint density at radius 3 is 2.52 bits per heavy atom. The van der Waals surface area contributed by atoms with Gasteiger partial charge in [0.15, 0.2) is 5.83 Å². The molecule has 1 aromatic heterocycles. The summed E-state index contributed by atoms with van der Waals surface area (Å²) in [7, 11) is 0. The van der Waals surface area contributed by atoms with E-state index in [1.165, 1.54) is 37.7 Å². The van der Waals surface area contributed by atoms with Crippen LogP contribution < -0.4 is 0 Å². The second-order valence-electron chi connectivity index (χ2n) is 5.93. The van der Waals surface area contributed by atoms with Crippen molar-refractivity contribution in [3.63, 3.8) is 0 Å². The summed E-state index contributed by atoms with van der Waals surface area (Å²) < 4.78 is 14.1. The molecule has 1 saturated carbocycles. The average molecular weight is 284 g/mol. The first kappa shape index (κ1) is 14.1. The van der Waals surface area contributed by atoms with E-state index in [2.05, 4.69) is 22.3 Å². The first-order valence-electron chi connectivity index (χ1n) is 7.72. The molecule has 1 fully saturated rings. The quantitative estimate of drug-likeness (QED) is 0.821. The third kappa shape index (κ3) is 3.41. The van der Waals surface area contributed by atoms with Gasteiger partial charge in [0.2, 0.25) is 0 Å². The van der Waals surface area contributed by atoms with Crippen LogP contribution >= 0.6 is 0 Å². The van der Waals surface area contributed by atoms with Gasteiger partial charge in [-0.05, 0) is 49.0 Å². The lowest BCUT2D eigenvalue weighted by atomic mass is 9.84. The topological polar surface area (TPSA) is 28.7 Å². The molecule has 3 rings (SSSR count). The van der Waals surface area contributed by atoms with Gasteiger partial charge >= 0.3 is 0 Å². The van der Waals surface area contributed by atoms with Gasteiger partial charge in [-0.15, -0.1) is 0 Å². The molecule has 2 nitrogen and oxygen atoms in total. The molecule has 2 aromatic rings. The average Bonchev–Trinajstić information content (AvgIpc) is 2.96. The molecule has 21 heavy (non-hydrogen) atoms. The van der Waals surface area contributed by atoms with Crippen LogP contribution in [0, 0.1) is 6.92 Å². The van der Waals surface area contributed by atoms with Gasteiger partial charge in [-0.1, -0.05) is 43.5 Å². The minimum atomic E-state index is -0.301. The third-order valence-corrected chi connectivity index (χ3v) is 4.26. The molecule has 0 saturated heterocycles. The van der Waals surface area contributed by atoms with Gasteiger partial charge in [-0.3, -0.25) is 5.10 Å². The van der Waals surface area contributed by atoms with Crippen LogP contribution in [0.15, 0.2) is 30.3 Å². The molecule has 110 valence electrons. The number of hydrogen-bond acceptors (Lipinski definition) is 1. The van der Waals surface area contributed by atoms with E-state index in [9.17, 15) is 4.39 Å². The van der Waals surface area contributed by atoms with E-state index in [1.807, 2.05) is 19.1 Å². The molecule has 0 aliphatic heterocycles. The Bertz CT molecular complexity index is 619. The molecule has 1 aliphatic carbocycles. The number of aromatic nitrogens is 2. The summed E-state index contributed by atoms with van der Waals surface area (Å²) in [5.74, 6) is 0.389. The van der Waals surface area contributed by atoms with Gasteiger partial charge in [0.05, 0.1) is 0 Å². The highest BCUT2D eigenvalue weighted by Gasteiger charge is 2.15. The fourth-order valence-corrected chi connectivity index (χ4v) is 3.06. The number of halogens is 1. The van der Waals surface area contributed by atoms with Gasteiger partial charge in [0.25, 0.3) is 0 Å². The Morgan fingerprint density at radius 1 is 1.19 bits per heavy atom. The summed E-state index contributed by atoms with van der Waals surface area (Å²) >= 11 is 0. The maximum Gasteiger partial charge on any atom is 0.151 e. The number of nitrogens with zero attached hydrogens (tertiary/aromatic N) is 1. The normalized spacial score (nSPS) is 17.1. The maximum absolute atomic E-state index is 14.1. The Kier molecular flexibility index (Phi) is 4.18. The molecular weight excluding hydrogens is 263 g/mol. The molecule has 1 aromatic carbocycles. The van der Waals surface area contributed by atoms with Crippen molar-refractivity contribution in [2.45, 2.75) is 44.9 Å². The predicted molar refractivity (Wildman–Crippen MR) is 84.6 cm³/mol. The Balaban J connectivity index is 1.74. The fourth-order valence-electron chi connectivity index (χ4n) is 3.06. The van der Waals surface area contributed by atoms with Gasteiger partial charge in [0, 0.05) is 5.69 Å². The molecule has 0 radical (unpaired) electrons. The van der Waals surface area contributed by atoms with Crippen LogP contribution in [0.1, 0.15) is 60.5 Å². The first-order chi connectivity index (χ1) is 10.2. The zero-order chi connectivity index (χ0) is 14.7.